The van der Waals surface area contributed by atoms with E-state index in [-0.39, 0.29) is 5.02 Å². The van der Waals surface area contributed by atoms with Gasteiger partial charge in [0.05, 0.1) is 28.2 Å². The predicted octanol–water partition coefficient (Wildman–Crippen LogP) is 4.95. The molecule has 0 amide bonds. The maximum atomic E-state index is 13.4. The van der Waals surface area contributed by atoms with E-state index < -0.39 is 29.7 Å². The Kier molecular flexibility index (Phi) is 5.95. The number of carboxylic acid groups (broad SMARTS) is 1. The molecular formula is C20H20ClF3N2O2. The zero-order valence-electron chi connectivity index (χ0n) is 15.2. The molecule has 1 fully saturated rings. The predicted molar refractivity (Wildman–Crippen MR) is 99.2 cm³/mol. The lowest BCUT2D eigenvalue weighted by Gasteiger charge is -2.37. The van der Waals surface area contributed by atoms with E-state index in [0.29, 0.717) is 37.2 Å². The zero-order valence-corrected chi connectivity index (χ0v) is 16.0. The normalized spacial score (nSPS) is 17.5. The Hall–Kier alpha value is -2.12. The molecule has 1 aliphatic rings. The molecule has 1 saturated heterocycles. The van der Waals surface area contributed by atoms with Crippen molar-refractivity contribution in [3.05, 3.63) is 63.9 Å². The minimum absolute atomic E-state index is 0.350. The van der Waals surface area contributed by atoms with E-state index in [0.717, 1.165) is 11.6 Å². The summed E-state index contributed by atoms with van der Waals surface area (Å²) in [6.07, 6.45) is -2.07. The average molecular weight is 413 g/mol. The SMILES string of the molecule is Cc1cccnc1C(c1ccc(Cl)c(C(F)(F)F)c1)N1CCC(C(=O)O)CC1. The minimum atomic E-state index is -4.56. The molecule has 0 saturated carbocycles. The average Bonchev–Trinajstić information content (AvgIpc) is 2.64. The van der Waals surface area contributed by atoms with Gasteiger partial charge in [-0.2, -0.15) is 13.2 Å². The van der Waals surface area contributed by atoms with Crippen LogP contribution in [0, 0.1) is 12.8 Å². The molecule has 1 aromatic carbocycles. The fraction of sp³-hybridized carbons (Fsp3) is 0.400. The molecule has 2 aromatic rings. The first-order valence-corrected chi connectivity index (χ1v) is 9.31. The number of nitrogens with zero attached hydrogens (tertiary/aromatic N) is 2. The number of benzene rings is 1. The summed E-state index contributed by atoms with van der Waals surface area (Å²) in [6.45, 7) is 2.78. The van der Waals surface area contributed by atoms with Crippen molar-refractivity contribution in [1.82, 2.24) is 9.88 Å². The van der Waals surface area contributed by atoms with Crippen molar-refractivity contribution in [2.45, 2.75) is 32.0 Å². The molecule has 1 aliphatic heterocycles. The molecule has 150 valence electrons. The third-order valence-electron chi connectivity index (χ3n) is 5.16. The molecule has 1 N–H and O–H groups in total. The molecular weight excluding hydrogens is 393 g/mol. The standard InChI is InChI=1S/C20H20ClF3N2O2/c1-12-3-2-8-25-17(12)18(26-9-6-13(7-10-26)19(27)28)14-4-5-16(21)15(11-14)20(22,23)24/h2-5,8,11,13,18H,6-7,9-10H2,1H3,(H,27,28). The number of piperidine rings is 1. The van der Waals surface area contributed by atoms with Crippen molar-refractivity contribution in [3.8, 4) is 0 Å². The van der Waals surface area contributed by atoms with E-state index in [4.69, 9.17) is 11.6 Å². The fourth-order valence-electron chi connectivity index (χ4n) is 3.66. The summed E-state index contributed by atoms with van der Waals surface area (Å²) in [5, 5.41) is 8.88. The molecule has 0 aliphatic carbocycles. The van der Waals surface area contributed by atoms with Crippen LogP contribution < -0.4 is 0 Å². The van der Waals surface area contributed by atoms with Crippen LogP contribution in [0.1, 0.15) is 41.3 Å². The van der Waals surface area contributed by atoms with Crippen molar-refractivity contribution in [1.29, 1.82) is 0 Å². The molecule has 0 spiro atoms. The lowest BCUT2D eigenvalue weighted by Crippen LogP contribution is -2.39. The number of aliphatic carboxylic acids is 1. The van der Waals surface area contributed by atoms with E-state index in [1.807, 2.05) is 17.9 Å². The van der Waals surface area contributed by atoms with Crippen molar-refractivity contribution in [3.63, 3.8) is 0 Å². The van der Waals surface area contributed by atoms with Crippen LogP contribution in [0.2, 0.25) is 5.02 Å². The summed E-state index contributed by atoms with van der Waals surface area (Å²) < 4.78 is 40.1. The Bertz CT molecular complexity index is 865. The quantitative estimate of drug-likeness (QED) is 0.772. The lowest BCUT2D eigenvalue weighted by atomic mass is 9.91. The largest absolute Gasteiger partial charge is 0.481 e. The first-order chi connectivity index (χ1) is 13.2. The Labute approximate surface area is 166 Å². The lowest BCUT2D eigenvalue weighted by molar-refractivity contribution is -0.143. The van der Waals surface area contributed by atoms with E-state index in [1.165, 1.54) is 6.07 Å². The van der Waals surface area contributed by atoms with E-state index >= 15 is 0 Å². The summed E-state index contributed by atoms with van der Waals surface area (Å²) in [5.74, 6) is -1.27. The highest BCUT2D eigenvalue weighted by Gasteiger charge is 2.36. The van der Waals surface area contributed by atoms with Gasteiger partial charge in [0.25, 0.3) is 0 Å². The van der Waals surface area contributed by atoms with Crippen molar-refractivity contribution in [2.75, 3.05) is 13.1 Å². The number of halogens is 4. The van der Waals surface area contributed by atoms with Gasteiger partial charge in [0.15, 0.2) is 0 Å². The highest BCUT2D eigenvalue weighted by atomic mass is 35.5. The van der Waals surface area contributed by atoms with Crippen LogP contribution in [0.3, 0.4) is 0 Å². The molecule has 1 atom stereocenters. The van der Waals surface area contributed by atoms with Gasteiger partial charge in [-0.3, -0.25) is 14.7 Å². The molecule has 4 nitrogen and oxygen atoms in total. The van der Waals surface area contributed by atoms with Gasteiger partial charge >= 0.3 is 12.1 Å². The van der Waals surface area contributed by atoms with Gasteiger partial charge in [-0.25, -0.2) is 0 Å². The van der Waals surface area contributed by atoms with Crippen LogP contribution in [0.15, 0.2) is 36.5 Å². The number of hydrogen-bond donors (Lipinski definition) is 1. The second-order valence-corrected chi connectivity index (χ2v) is 7.40. The van der Waals surface area contributed by atoms with Crippen molar-refractivity contribution < 1.29 is 23.1 Å². The number of alkyl halides is 3. The number of carbonyl (C=O) groups is 1. The summed E-state index contributed by atoms with van der Waals surface area (Å²) in [7, 11) is 0. The van der Waals surface area contributed by atoms with Crippen LogP contribution in [0.5, 0.6) is 0 Å². The highest BCUT2D eigenvalue weighted by Crippen LogP contribution is 2.39. The van der Waals surface area contributed by atoms with Gasteiger partial charge in [0.1, 0.15) is 0 Å². The van der Waals surface area contributed by atoms with Crippen LogP contribution in [-0.2, 0) is 11.0 Å². The molecule has 3 rings (SSSR count). The number of aryl methyl sites for hydroxylation is 1. The highest BCUT2D eigenvalue weighted by molar-refractivity contribution is 6.31. The summed E-state index contributed by atoms with van der Waals surface area (Å²) in [6, 6.07) is 7.04. The Morgan fingerprint density at radius 1 is 1.29 bits per heavy atom. The summed E-state index contributed by atoms with van der Waals surface area (Å²) in [4.78, 5) is 17.7. The maximum absolute atomic E-state index is 13.4. The van der Waals surface area contributed by atoms with Gasteiger partial charge in [-0.1, -0.05) is 23.7 Å². The minimum Gasteiger partial charge on any atom is -0.481 e. The topological polar surface area (TPSA) is 53.4 Å². The molecule has 0 bridgehead atoms. The Balaban J connectivity index is 2.04. The maximum Gasteiger partial charge on any atom is 0.417 e. The molecule has 1 unspecified atom stereocenters. The van der Waals surface area contributed by atoms with Crippen LogP contribution in [0.25, 0.3) is 0 Å². The third kappa shape index (κ3) is 4.31. The van der Waals surface area contributed by atoms with Gasteiger partial charge in [-0.15, -0.1) is 0 Å². The number of rotatable bonds is 4. The van der Waals surface area contributed by atoms with E-state index in [2.05, 4.69) is 4.98 Å². The van der Waals surface area contributed by atoms with Gasteiger partial charge in [-0.05, 0) is 62.2 Å². The van der Waals surface area contributed by atoms with Gasteiger partial charge < -0.3 is 5.11 Å². The third-order valence-corrected chi connectivity index (χ3v) is 5.49. The van der Waals surface area contributed by atoms with Gasteiger partial charge in [0.2, 0.25) is 0 Å². The van der Waals surface area contributed by atoms with Crippen LogP contribution in [0.4, 0.5) is 13.2 Å². The summed E-state index contributed by atoms with van der Waals surface area (Å²) >= 11 is 5.79. The smallest absolute Gasteiger partial charge is 0.417 e. The molecule has 0 radical (unpaired) electrons. The Morgan fingerprint density at radius 3 is 2.54 bits per heavy atom. The van der Waals surface area contributed by atoms with Crippen LogP contribution in [-0.4, -0.2) is 34.0 Å². The van der Waals surface area contributed by atoms with E-state index in [1.54, 1.807) is 18.3 Å². The molecule has 2 heterocycles. The van der Waals surface area contributed by atoms with Crippen LogP contribution >= 0.6 is 11.6 Å². The zero-order chi connectivity index (χ0) is 20.5. The number of carboxylic acids is 1. The molecule has 8 heteroatoms. The summed E-state index contributed by atoms with van der Waals surface area (Å²) in [5.41, 5.74) is 1.07. The second kappa shape index (κ2) is 8.09. The Morgan fingerprint density at radius 2 is 1.96 bits per heavy atom. The fourth-order valence-corrected chi connectivity index (χ4v) is 3.89. The number of pyridine rings is 1. The number of hydrogen-bond acceptors (Lipinski definition) is 3. The number of likely N-dealkylation sites (tertiary alicyclic amines) is 1. The van der Waals surface area contributed by atoms with Crippen molar-refractivity contribution in [2.24, 2.45) is 5.92 Å². The molecule has 1 aromatic heterocycles. The second-order valence-electron chi connectivity index (χ2n) is 6.99. The monoisotopic (exact) mass is 412 g/mol. The number of aromatic nitrogens is 1. The molecule has 28 heavy (non-hydrogen) atoms. The van der Waals surface area contributed by atoms with E-state index in [9.17, 15) is 23.1 Å². The first-order valence-electron chi connectivity index (χ1n) is 8.93. The van der Waals surface area contributed by atoms with Gasteiger partial charge in [0, 0.05) is 6.20 Å². The van der Waals surface area contributed by atoms with Crippen molar-refractivity contribution >= 4 is 17.6 Å². The first kappa shape index (κ1) is 20.6.